The van der Waals surface area contributed by atoms with E-state index in [1.165, 1.54) is 41.6 Å². The maximum atomic E-state index is 13.0. The molecule has 5 heteroatoms. The van der Waals surface area contributed by atoms with Gasteiger partial charge in [-0.1, -0.05) is 13.0 Å². The smallest absolute Gasteiger partial charge is 0.227 e. The summed E-state index contributed by atoms with van der Waals surface area (Å²) >= 11 is 0. The van der Waals surface area contributed by atoms with Crippen molar-refractivity contribution >= 4 is 11.6 Å². The first-order chi connectivity index (χ1) is 14.6. The standard InChI is InChI=1S/C25H30N4O/c1-3-8-28-9-4-5-22(16-28)29-15-21-12-23-20(11-19(21)13-24(29)30)14-27-25(23)18-6-7-26-17(2)10-18/h6-7,10-12,22H,3-5,8-9,13-16H2,1-2H3/t22-/m1/s1. The Bertz CT molecular complexity index is 1010. The van der Waals surface area contributed by atoms with E-state index in [4.69, 9.17) is 4.99 Å². The maximum Gasteiger partial charge on any atom is 0.227 e. The molecule has 3 aliphatic rings. The molecule has 0 saturated carbocycles. The number of nitrogens with zero attached hydrogens (tertiary/aromatic N) is 4. The van der Waals surface area contributed by atoms with Crippen LogP contribution in [0.15, 0.2) is 35.5 Å². The number of rotatable bonds is 4. The fourth-order valence-corrected chi connectivity index (χ4v) is 5.27. The van der Waals surface area contributed by atoms with Crippen LogP contribution in [0, 0.1) is 6.92 Å². The molecule has 0 radical (unpaired) electrons. The second-order valence-electron chi connectivity index (χ2n) is 8.92. The summed E-state index contributed by atoms with van der Waals surface area (Å²) < 4.78 is 0. The van der Waals surface area contributed by atoms with Crippen LogP contribution in [0.5, 0.6) is 0 Å². The van der Waals surface area contributed by atoms with E-state index in [2.05, 4.69) is 39.9 Å². The van der Waals surface area contributed by atoms with Gasteiger partial charge in [0, 0.05) is 42.1 Å². The van der Waals surface area contributed by atoms with Gasteiger partial charge in [-0.3, -0.25) is 14.8 Å². The number of aryl methyl sites for hydroxylation is 1. The number of pyridine rings is 1. The van der Waals surface area contributed by atoms with E-state index in [1.54, 1.807) is 0 Å². The molecule has 1 saturated heterocycles. The lowest BCUT2D eigenvalue weighted by atomic mass is 9.90. The van der Waals surface area contributed by atoms with Gasteiger partial charge in [0.05, 0.1) is 18.7 Å². The van der Waals surface area contributed by atoms with Crippen LogP contribution >= 0.6 is 0 Å². The molecule has 0 bridgehead atoms. The zero-order valence-corrected chi connectivity index (χ0v) is 18.0. The lowest BCUT2D eigenvalue weighted by Crippen LogP contribution is -2.51. The van der Waals surface area contributed by atoms with Crippen molar-refractivity contribution in [2.75, 3.05) is 19.6 Å². The summed E-state index contributed by atoms with van der Waals surface area (Å²) in [5.41, 5.74) is 8.16. The summed E-state index contributed by atoms with van der Waals surface area (Å²) in [4.78, 5) is 26.8. The van der Waals surface area contributed by atoms with E-state index in [0.717, 1.165) is 43.0 Å². The Labute approximate surface area is 178 Å². The van der Waals surface area contributed by atoms with Crippen molar-refractivity contribution in [1.29, 1.82) is 0 Å². The third-order valence-corrected chi connectivity index (χ3v) is 6.72. The van der Waals surface area contributed by atoms with Crippen LogP contribution in [0.2, 0.25) is 0 Å². The van der Waals surface area contributed by atoms with E-state index < -0.39 is 0 Å². The lowest BCUT2D eigenvalue weighted by Gasteiger charge is -2.41. The summed E-state index contributed by atoms with van der Waals surface area (Å²) in [6.45, 7) is 9.00. The van der Waals surface area contributed by atoms with Crippen molar-refractivity contribution in [2.24, 2.45) is 4.99 Å². The zero-order valence-electron chi connectivity index (χ0n) is 18.0. The molecule has 5 rings (SSSR count). The van der Waals surface area contributed by atoms with Crippen LogP contribution in [0.3, 0.4) is 0 Å². The molecule has 1 aromatic heterocycles. The Kier molecular flexibility index (Phi) is 5.15. The number of likely N-dealkylation sites (tertiary alicyclic amines) is 1. The first kappa shape index (κ1) is 19.4. The van der Waals surface area contributed by atoms with Crippen LogP contribution < -0.4 is 0 Å². The molecular formula is C25H30N4O. The second-order valence-corrected chi connectivity index (χ2v) is 8.92. The highest BCUT2D eigenvalue weighted by Gasteiger charge is 2.33. The predicted molar refractivity (Wildman–Crippen MR) is 119 cm³/mol. The van der Waals surface area contributed by atoms with Crippen molar-refractivity contribution in [1.82, 2.24) is 14.8 Å². The molecule has 1 fully saturated rings. The Morgan fingerprint density at radius 1 is 1.17 bits per heavy atom. The van der Waals surface area contributed by atoms with Gasteiger partial charge in [0.25, 0.3) is 0 Å². The van der Waals surface area contributed by atoms with Crippen LogP contribution in [0.25, 0.3) is 0 Å². The molecule has 5 nitrogen and oxygen atoms in total. The van der Waals surface area contributed by atoms with Gasteiger partial charge in [-0.15, -0.1) is 0 Å². The maximum absolute atomic E-state index is 13.0. The molecule has 0 spiro atoms. The number of carbonyl (C=O) groups is 1. The lowest BCUT2D eigenvalue weighted by molar-refractivity contribution is -0.135. The largest absolute Gasteiger partial charge is 0.334 e. The highest BCUT2D eigenvalue weighted by atomic mass is 16.2. The Morgan fingerprint density at radius 3 is 2.90 bits per heavy atom. The Hall–Kier alpha value is -2.53. The van der Waals surface area contributed by atoms with Crippen molar-refractivity contribution in [3.8, 4) is 0 Å². The number of piperidine rings is 1. The summed E-state index contributed by atoms with van der Waals surface area (Å²) in [6, 6.07) is 9.02. The van der Waals surface area contributed by atoms with Crippen LogP contribution in [-0.4, -0.2) is 52.1 Å². The van der Waals surface area contributed by atoms with Gasteiger partial charge in [-0.2, -0.15) is 0 Å². The highest BCUT2D eigenvalue weighted by molar-refractivity contribution is 6.15. The summed E-state index contributed by atoms with van der Waals surface area (Å²) in [5, 5.41) is 0. The van der Waals surface area contributed by atoms with E-state index >= 15 is 0 Å². The van der Waals surface area contributed by atoms with Gasteiger partial charge in [-0.05, 0) is 74.2 Å². The normalized spacial score (nSPS) is 21.4. The molecule has 0 unspecified atom stereocenters. The fraction of sp³-hybridized carbons (Fsp3) is 0.480. The summed E-state index contributed by atoms with van der Waals surface area (Å²) in [7, 11) is 0. The zero-order chi connectivity index (χ0) is 20.7. The number of carbonyl (C=O) groups excluding carboxylic acids is 1. The first-order valence-corrected chi connectivity index (χ1v) is 11.3. The summed E-state index contributed by atoms with van der Waals surface area (Å²) in [6.07, 6.45) is 5.86. The summed E-state index contributed by atoms with van der Waals surface area (Å²) in [5.74, 6) is 0.287. The molecular weight excluding hydrogens is 372 g/mol. The second kappa shape index (κ2) is 7.95. The van der Waals surface area contributed by atoms with Crippen molar-refractivity contribution in [3.05, 3.63) is 64.0 Å². The number of aliphatic imine (C=N–C) groups is 1. The van der Waals surface area contributed by atoms with E-state index in [-0.39, 0.29) is 5.91 Å². The molecule has 4 heterocycles. The number of fused-ring (bicyclic) bond motifs is 2. The van der Waals surface area contributed by atoms with Gasteiger partial charge < -0.3 is 9.80 Å². The van der Waals surface area contributed by atoms with Crippen LogP contribution in [-0.2, 0) is 24.3 Å². The minimum atomic E-state index is 0.287. The van der Waals surface area contributed by atoms with E-state index in [1.807, 2.05) is 19.2 Å². The van der Waals surface area contributed by atoms with Crippen LogP contribution in [0.1, 0.15) is 59.7 Å². The third-order valence-electron chi connectivity index (χ3n) is 6.72. The SMILES string of the molecule is CCCN1CCC[C@@H](N2Cc3cc4c(cc3CC2=O)CN=C4c2ccnc(C)c2)C1. The van der Waals surface area contributed by atoms with Crippen molar-refractivity contribution in [2.45, 2.75) is 58.7 Å². The Balaban J connectivity index is 1.42. The third kappa shape index (κ3) is 3.56. The number of hydrogen-bond acceptors (Lipinski definition) is 4. The van der Waals surface area contributed by atoms with Gasteiger partial charge in [0.1, 0.15) is 0 Å². The van der Waals surface area contributed by atoms with E-state index in [9.17, 15) is 4.79 Å². The van der Waals surface area contributed by atoms with Gasteiger partial charge in [0.2, 0.25) is 5.91 Å². The van der Waals surface area contributed by atoms with Gasteiger partial charge >= 0.3 is 0 Å². The van der Waals surface area contributed by atoms with E-state index in [0.29, 0.717) is 19.0 Å². The number of hydrogen-bond donors (Lipinski definition) is 0. The quantitative estimate of drug-likeness (QED) is 0.786. The molecule has 0 N–H and O–H groups in total. The van der Waals surface area contributed by atoms with Gasteiger partial charge in [0.15, 0.2) is 0 Å². The average Bonchev–Trinajstić information content (AvgIpc) is 3.15. The molecule has 30 heavy (non-hydrogen) atoms. The minimum Gasteiger partial charge on any atom is -0.334 e. The van der Waals surface area contributed by atoms with Crippen molar-refractivity contribution < 1.29 is 4.79 Å². The highest BCUT2D eigenvalue weighted by Crippen LogP contribution is 2.31. The molecule has 156 valence electrons. The van der Waals surface area contributed by atoms with Gasteiger partial charge in [-0.25, -0.2) is 0 Å². The average molecular weight is 403 g/mol. The number of amides is 1. The molecule has 1 amide bonds. The first-order valence-electron chi connectivity index (χ1n) is 11.3. The van der Waals surface area contributed by atoms with Crippen molar-refractivity contribution in [3.63, 3.8) is 0 Å². The molecule has 3 aliphatic heterocycles. The monoisotopic (exact) mass is 402 g/mol. The molecule has 2 aromatic rings. The van der Waals surface area contributed by atoms with Crippen LogP contribution in [0.4, 0.5) is 0 Å². The minimum absolute atomic E-state index is 0.287. The molecule has 1 aromatic carbocycles. The number of benzene rings is 1. The topological polar surface area (TPSA) is 48.8 Å². The molecule has 0 aliphatic carbocycles. The number of aromatic nitrogens is 1. The fourth-order valence-electron chi connectivity index (χ4n) is 5.27. The predicted octanol–water partition coefficient (Wildman–Crippen LogP) is 3.50. The Morgan fingerprint density at radius 2 is 2.07 bits per heavy atom. The molecule has 1 atom stereocenters.